The third-order valence-corrected chi connectivity index (χ3v) is 1.42. The fraction of sp³-hybridized carbons (Fsp3) is 0.333. The van der Waals surface area contributed by atoms with Crippen LogP contribution in [0, 0.1) is 5.82 Å². The molecule has 0 saturated heterocycles. The summed E-state index contributed by atoms with van der Waals surface area (Å²) in [5, 5.41) is -1.85. The molecule has 3 heteroatoms. The van der Waals surface area contributed by atoms with E-state index in [-0.39, 0.29) is 5.75 Å². The average Bonchev–Trinajstić information content (AvgIpc) is 2.04. The van der Waals surface area contributed by atoms with Gasteiger partial charge in [0.25, 0.3) is 0 Å². The molecule has 1 nitrogen and oxygen atoms in total. The van der Waals surface area contributed by atoms with Gasteiger partial charge in [0, 0.05) is 8.02 Å². The van der Waals surface area contributed by atoms with Crippen LogP contribution < -0.4 is 4.74 Å². The largest absolute Gasteiger partial charge is 0.494 e. The number of alkyl halides is 1. The van der Waals surface area contributed by atoms with Crippen LogP contribution in [0.25, 0.3) is 0 Å². The predicted octanol–water partition coefficient (Wildman–Crippen LogP) is 2.99. The minimum absolute atomic E-state index is 0.156. The number of benzene rings is 1. The third-order valence-electron chi connectivity index (χ3n) is 1.14. The molecule has 0 heterocycles. The van der Waals surface area contributed by atoms with E-state index in [1.54, 1.807) is 0 Å². The molecule has 1 aromatic carbocycles. The molecule has 0 aromatic heterocycles. The monoisotopic (exact) mass is 236 g/mol. The maximum atomic E-state index is 12.6. The minimum atomic E-state index is -2.16. The van der Waals surface area contributed by atoms with Crippen molar-refractivity contribution in [1.82, 2.24) is 0 Å². The van der Waals surface area contributed by atoms with Crippen molar-refractivity contribution in [2.45, 2.75) is 6.42 Å². The smallest absolute Gasteiger partial charge is 0.123 e. The molecule has 0 unspecified atom stereocenters. The summed E-state index contributed by atoms with van der Waals surface area (Å²) in [4.78, 5) is 0. The summed E-state index contributed by atoms with van der Waals surface area (Å²) in [6.07, 6.45) is -0.475. The molecule has 0 bridgehead atoms. The average molecular weight is 237 g/mol. The van der Waals surface area contributed by atoms with E-state index in [1.807, 2.05) is 0 Å². The highest BCUT2D eigenvalue weighted by atomic mass is 79.9. The van der Waals surface area contributed by atoms with Crippen molar-refractivity contribution in [3.63, 3.8) is 0 Å². The molecule has 0 aliphatic heterocycles. The lowest BCUT2D eigenvalue weighted by Crippen LogP contribution is -1.97. The molecule has 0 atom stereocenters. The Kier molecular flexibility index (Phi) is 2.24. The van der Waals surface area contributed by atoms with Crippen LogP contribution in [0.1, 0.15) is 11.9 Å². The van der Waals surface area contributed by atoms with E-state index in [1.165, 1.54) is 12.1 Å². The summed E-state index contributed by atoms with van der Waals surface area (Å²) in [5.41, 5.74) is 0. The molecule has 0 saturated carbocycles. The SMILES string of the molecule is [2H]C([2H])(Br)CC([2H])([2H])Oc1ccc(F)cc1. The van der Waals surface area contributed by atoms with E-state index < -0.39 is 24.1 Å². The molecule has 0 radical (unpaired) electrons. The number of hydrogen-bond donors (Lipinski definition) is 0. The topological polar surface area (TPSA) is 9.23 Å². The van der Waals surface area contributed by atoms with Crippen molar-refractivity contribution in [3.8, 4) is 5.75 Å². The molecular weight excluding hydrogens is 223 g/mol. The Balaban J connectivity index is 2.69. The zero-order valence-electron chi connectivity index (χ0n) is 10.2. The minimum Gasteiger partial charge on any atom is -0.494 e. The predicted molar refractivity (Wildman–Crippen MR) is 50.3 cm³/mol. The summed E-state index contributed by atoms with van der Waals surface area (Å²) in [7, 11) is 0. The normalized spacial score (nSPS) is 17.2. The lowest BCUT2D eigenvalue weighted by Gasteiger charge is -2.03. The van der Waals surface area contributed by atoms with E-state index in [0.717, 1.165) is 12.1 Å². The van der Waals surface area contributed by atoms with Crippen LogP contribution in [0.2, 0.25) is 0 Å². The van der Waals surface area contributed by atoms with Crippen molar-refractivity contribution < 1.29 is 14.6 Å². The molecule has 12 heavy (non-hydrogen) atoms. The zero-order valence-corrected chi connectivity index (χ0v) is 7.77. The van der Waals surface area contributed by atoms with E-state index in [0.29, 0.717) is 0 Å². The van der Waals surface area contributed by atoms with E-state index in [9.17, 15) is 4.39 Å². The summed E-state index contributed by atoms with van der Waals surface area (Å²) in [6, 6.07) is 4.87. The Labute approximate surface area is 85.3 Å². The van der Waals surface area contributed by atoms with Gasteiger partial charge in [-0.15, -0.1) is 0 Å². The summed E-state index contributed by atoms with van der Waals surface area (Å²) < 4.78 is 46.8. The fourth-order valence-corrected chi connectivity index (χ4v) is 0.764. The fourth-order valence-electron chi connectivity index (χ4n) is 0.649. The Morgan fingerprint density at radius 3 is 2.67 bits per heavy atom. The first-order chi connectivity index (χ1) is 7.18. The number of hydrogen-bond acceptors (Lipinski definition) is 1. The van der Waals surface area contributed by atoms with Crippen LogP contribution in [0.4, 0.5) is 4.39 Å². The second kappa shape index (κ2) is 5.14. The van der Waals surface area contributed by atoms with Gasteiger partial charge in [-0.05, 0) is 30.7 Å². The van der Waals surface area contributed by atoms with Crippen molar-refractivity contribution >= 4 is 15.9 Å². The standard InChI is InChI=1S/C9H10BrFO/c10-6-1-7-12-9-4-2-8(11)3-5-9/h2-5H,1,6-7H2/i6D2,7D2. The van der Waals surface area contributed by atoms with Gasteiger partial charge in [-0.1, -0.05) is 15.9 Å². The number of halogens is 2. The lowest BCUT2D eigenvalue weighted by atomic mass is 10.3. The molecule has 66 valence electrons. The Morgan fingerprint density at radius 2 is 2.08 bits per heavy atom. The number of ether oxygens (including phenoxy) is 1. The van der Waals surface area contributed by atoms with Gasteiger partial charge in [0.1, 0.15) is 11.6 Å². The first-order valence-corrected chi connectivity index (χ1v) is 4.11. The highest BCUT2D eigenvalue weighted by molar-refractivity contribution is 9.09. The molecule has 0 aliphatic carbocycles. The third kappa shape index (κ3) is 3.22. The van der Waals surface area contributed by atoms with Gasteiger partial charge in [0.15, 0.2) is 0 Å². The highest BCUT2D eigenvalue weighted by Crippen LogP contribution is 2.11. The van der Waals surface area contributed by atoms with Gasteiger partial charge in [-0.25, -0.2) is 4.39 Å². The lowest BCUT2D eigenvalue weighted by molar-refractivity contribution is 0.318. The maximum absolute atomic E-state index is 12.6. The molecule has 0 aliphatic rings. The van der Waals surface area contributed by atoms with Crippen molar-refractivity contribution in [1.29, 1.82) is 0 Å². The molecule has 0 amide bonds. The van der Waals surface area contributed by atoms with E-state index in [2.05, 4.69) is 15.9 Å². The van der Waals surface area contributed by atoms with Crippen molar-refractivity contribution in [2.24, 2.45) is 0 Å². The van der Waals surface area contributed by atoms with Crippen LogP contribution in [-0.2, 0) is 0 Å². The molecular formula is C9H10BrFO. The van der Waals surface area contributed by atoms with Crippen LogP contribution in [0.15, 0.2) is 24.3 Å². The summed E-state index contributed by atoms with van der Waals surface area (Å²) >= 11 is 2.69. The molecule has 0 spiro atoms. The van der Waals surface area contributed by atoms with Crippen LogP contribution in [0.3, 0.4) is 0 Å². The van der Waals surface area contributed by atoms with Crippen molar-refractivity contribution in [3.05, 3.63) is 30.1 Å². The van der Waals surface area contributed by atoms with Crippen LogP contribution in [0.5, 0.6) is 5.75 Å². The Morgan fingerprint density at radius 1 is 1.42 bits per heavy atom. The molecule has 0 N–H and O–H groups in total. The van der Waals surface area contributed by atoms with E-state index in [4.69, 9.17) is 10.2 Å². The quantitative estimate of drug-likeness (QED) is 0.731. The zero-order chi connectivity index (χ0) is 12.4. The van der Waals surface area contributed by atoms with Gasteiger partial charge >= 0.3 is 0 Å². The van der Waals surface area contributed by atoms with Gasteiger partial charge in [-0.3, -0.25) is 0 Å². The maximum Gasteiger partial charge on any atom is 0.123 e. The van der Waals surface area contributed by atoms with Gasteiger partial charge in [0.2, 0.25) is 0 Å². The first kappa shape index (κ1) is 5.22. The Hall–Kier alpha value is -0.570. The van der Waals surface area contributed by atoms with Gasteiger partial charge < -0.3 is 4.74 Å². The Bertz CT molecular complexity index is 350. The summed E-state index contributed by atoms with van der Waals surface area (Å²) in [5.74, 6) is -0.285. The van der Waals surface area contributed by atoms with Gasteiger partial charge in [-0.2, -0.15) is 0 Å². The highest BCUT2D eigenvalue weighted by Gasteiger charge is 1.92. The van der Waals surface area contributed by atoms with Crippen LogP contribution in [-0.4, -0.2) is 11.8 Å². The van der Waals surface area contributed by atoms with Crippen molar-refractivity contribution in [2.75, 3.05) is 11.8 Å². The van der Waals surface area contributed by atoms with Crippen LogP contribution >= 0.6 is 15.9 Å². The molecule has 1 aromatic rings. The van der Waals surface area contributed by atoms with Gasteiger partial charge in [0.05, 0.1) is 9.30 Å². The second-order valence-corrected chi connectivity index (χ2v) is 2.57. The van der Waals surface area contributed by atoms with E-state index >= 15 is 0 Å². The molecule has 1 rings (SSSR count). The molecule has 0 fully saturated rings. The first-order valence-electron chi connectivity index (χ1n) is 5.31. The second-order valence-electron chi connectivity index (χ2n) is 2.01. The summed E-state index contributed by atoms with van der Waals surface area (Å²) in [6.45, 7) is -2.16. The number of rotatable bonds is 4.